The van der Waals surface area contributed by atoms with Crippen molar-refractivity contribution >= 4 is 37.5 Å². The maximum absolute atomic E-state index is 4.68. The first kappa shape index (κ1) is 11.9. The molecule has 2 nitrogen and oxygen atoms in total. The van der Waals surface area contributed by atoms with Gasteiger partial charge in [0, 0.05) is 26.9 Å². The molecule has 0 saturated heterocycles. The SMILES string of the molecule is Cc1cc(Br)cn2cc(-c3ccc(Br)cc3)nc12. The van der Waals surface area contributed by atoms with E-state index >= 15 is 0 Å². The predicted octanol–water partition coefficient (Wildman–Crippen LogP) is 4.83. The average Bonchev–Trinajstić information content (AvgIpc) is 2.74. The molecule has 0 amide bonds. The molecule has 0 unspecified atom stereocenters. The molecule has 0 spiro atoms. The fourth-order valence-corrected chi connectivity index (χ4v) is 2.81. The molecule has 0 atom stereocenters. The quantitative estimate of drug-likeness (QED) is 0.603. The van der Waals surface area contributed by atoms with Crippen LogP contribution in [0.4, 0.5) is 0 Å². The third-order valence-corrected chi connectivity index (χ3v) is 3.80. The summed E-state index contributed by atoms with van der Waals surface area (Å²) in [5, 5.41) is 0. The van der Waals surface area contributed by atoms with Gasteiger partial charge < -0.3 is 4.40 Å². The van der Waals surface area contributed by atoms with E-state index in [1.165, 1.54) is 0 Å². The minimum absolute atomic E-state index is 0.990. The first-order chi connectivity index (χ1) is 8.63. The number of pyridine rings is 1. The van der Waals surface area contributed by atoms with E-state index in [-0.39, 0.29) is 0 Å². The Morgan fingerprint density at radius 3 is 2.44 bits per heavy atom. The van der Waals surface area contributed by atoms with Crippen LogP contribution in [0.25, 0.3) is 16.9 Å². The highest BCUT2D eigenvalue weighted by molar-refractivity contribution is 9.10. The van der Waals surface area contributed by atoms with Gasteiger partial charge in [-0.2, -0.15) is 0 Å². The molecule has 0 radical (unpaired) electrons. The Hall–Kier alpha value is -1.13. The van der Waals surface area contributed by atoms with E-state index in [0.717, 1.165) is 31.4 Å². The molecular weight excluding hydrogens is 356 g/mol. The zero-order valence-electron chi connectivity index (χ0n) is 9.69. The third-order valence-electron chi connectivity index (χ3n) is 2.84. The summed E-state index contributed by atoms with van der Waals surface area (Å²) in [5.74, 6) is 0. The Kier molecular flexibility index (Phi) is 2.99. The van der Waals surface area contributed by atoms with Crippen LogP contribution < -0.4 is 0 Å². The van der Waals surface area contributed by atoms with Crippen LogP contribution in [0.15, 0.2) is 51.7 Å². The molecule has 0 bridgehead atoms. The fourth-order valence-electron chi connectivity index (χ4n) is 1.99. The van der Waals surface area contributed by atoms with Crippen molar-refractivity contribution in [3.8, 4) is 11.3 Å². The summed E-state index contributed by atoms with van der Waals surface area (Å²) in [4.78, 5) is 4.68. The first-order valence-corrected chi connectivity index (χ1v) is 7.13. The molecule has 0 aliphatic rings. The number of rotatable bonds is 1. The molecule has 3 aromatic rings. The third kappa shape index (κ3) is 2.10. The number of hydrogen-bond donors (Lipinski definition) is 0. The Balaban J connectivity index is 2.19. The van der Waals surface area contributed by atoms with Crippen LogP contribution >= 0.6 is 31.9 Å². The highest BCUT2D eigenvalue weighted by Crippen LogP contribution is 2.24. The van der Waals surface area contributed by atoms with E-state index < -0.39 is 0 Å². The van der Waals surface area contributed by atoms with Crippen molar-refractivity contribution in [2.75, 3.05) is 0 Å². The summed E-state index contributed by atoms with van der Waals surface area (Å²) in [6, 6.07) is 10.3. The molecule has 18 heavy (non-hydrogen) atoms. The summed E-state index contributed by atoms with van der Waals surface area (Å²) < 4.78 is 4.19. The van der Waals surface area contributed by atoms with Gasteiger partial charge in [0.2, 0.25) is 0 Å². The van der Waals surface area contributed by atoms with Gasteiger partial charge in [0.1, 0.15) is 5.65 Å². The number of hydrogen-bond acceptors (Lipinski definition) is 1. The summed E-state index contributed by atoms with van der Waals surface area (Å²) in [7, 11) is 0. The highest BCUT2D eigenvalue weighted by Gasteiger charge is 2.07. The Morgan fingerprint density at radius 2 is 1.72 bits per heavy atom. The van der Waals surface area contributed by atoms with Crippen LogP contribution in [0.3, 0.4) is 0 Å². The second kappa shape index (κ2) is 4.52. The normalized spacial score (nSPS) is 11.1. The van der Waals surface area contributed by atoms with Crippen molar-refractivity contribution in [1.82, 2.24) is 9.38 Å². The number of nitrogens with zero attached hydrogens (tertiary/aromatic N) is 2. The lowest BCUT2D eigenvalue weighted by molar-refractivity contribution is 1.15. The van der Waals surface area contributed by atoms with Crippen molar-refractivity contribution in [3.63, 3.8) is 0 Å². The van der Waals surface area contributed by atoms with Crippen molar-refractivity contribution in [2.24, 2.45) is 0 Å². The van der Waals surface area contributed by atoms with Crippen molar-refractivity contribution in [2.45, 2.75) is 6.92 Å². The Morgan fingerprint density at radius 1 is 1.00 bits per heavy atom. The predicted molar refractivity (Wildman–Crippen MR) is 80.8 cm³/mol. The van der Waals surface area contributed by atoms with E-state index in [0.29, 0.717) is 0 Å². The lowest BCUT2D eigenvalue weighted by atomic mass is 10.2. The molecule has 90 valence electrons. The second-order valence-electron chi connectivity index (χ2n) is 4.21. The lowest BCUT2D eigenvalue weighted by Crippen LogP contribution is -1.86. The molecule has 2 aromatic heterocycles. The summed E-state index contributed by atoms with van der Waals surface area (Å²) >= 11 is 6.95. The van der Waals surface area contributed by atoms with Gasteiger partial charge in [0.05, 0.1) is 5.69 Å². The standard InChI is InChI=1S/C14H10Br2N2/c1-9-6-12(16)7-18-8-13(17-14(9)18)10-2-4-11(15)5-3-10/h2-8H,1H3. The van der Waals surface area contributed by atoms with Gasteiger partial charge in [-0.1, -0.05) is 28.1 Å². The van der Waals surface area contributed by atoms with E-state index in [1.807, 2.05) is 18.3 Å². The minimum Gasteiger partial charge on any atom is -0.305 e. The molecule has 0 N–H and O–H groups in total. The van der Waals surface area contributed by atoms with Gasteiger partial charge in [0.15, 0.2) is 0 Å². The summed E-state index contributed by atoms with van der Waals surface area (Å²) in [6.07, 6.45) is 4.08. The number of halogens is 2. The van der Waals surface area contributed by atoms with Crippen molar-refractivity contribution < 1.29 is 0 Å². The van der Waals surface area contributed by atoms with Gasteiger partial charge in [-0.25, -0.2) is 4.98 Å². The van der Waals surface area contributed by atoms with Crippen LogP contribution in [0.1, 0.15) is 5.56 Å². The average molecular weight is 366 g/mol. The molecular formula is C14H10Br2N2. The number of imidazole rings is 1. The molecule has 3 rings (SSSR count). The van der Waals surface area contributed by atoms with E-state index in [1.54, 1.807) is 0 Å². The minimum atomic E-state index is 0.990. The van der Waals surface area contributed by atoms with Crippen LogP contribution in [0.5, 0.6) is 0 Å². The van der Waals surface area contributed by atoms with Crippen molar-refractivity contribution in [1.29, 1.82) is 0 Å². The second-order valence-corrected chi connectivity index (χ2v) is 6.04. The summed E-state index contributed by atoms with van der Waals surface area (Å²) in [6.45, 7) is 2.07. The highest BCUT2D eigenvalue weighted by atomic mass is 79.9. The molecule has 0 aliphatic heterocycles. The maximum Gasteiger partial charge on any atom is 0.140 e. The van der Waals surface area contributed by atoms with Gasteiger partial charge >= 0.3 is 0 Å². The molecule has 0 fully saturated rings. The van der Waals surface area contributed by atoms with Crippen LogP contribution in [0.2, 0.25) is 0 Å². The van der Waals surface area contributed by atoms with E-state index in [9.17, 15) is 0 Å². The summed E-state index contributed by atoms with van der Waals surface area (Å²) in [5.41, 5.74) is 4.27. The van der Waals surface area contributed by atoms with Crippen LogP contribution in [-0.2, 0) is 0 Å². The molecule has 4 heteroatoms. The van der Waals surface area contributed by atoms with Gasteiger partial charge in [-0.05, 0) is 46.6 Å². The Labute approximate surface area is 122 Å². The number of aromatic nitrogens is 2. The zero-order chi connectivity index (χ0) is 12.7. The maximum atomic E-state index is 4.68. The topological polar surface area (TPSA) is 17.3 Å². The fraction of sp³-hybridized carbons (Fsp3) is 0.0714. The largest absolute Gasteiger partial charge is 0.305 e. The smallest absolute Gasteiger partial charge is 0.140 e. The molecule has 1 aromatic carbocycles. The molecule has 2 heterocycles. The van der Waals surface area contributed by atoms with E-state index in [2.05, 4.69) is 72.6 Å². The molecule has 0 aliphatic carbocycles. The monoisotopic (exact) mass is 364 g/mol. The Bertz CT molecular complexity index is 714. The number of fused-ring (bicyclic) bond motifs is 1. The first-order valence-electron chi connectivity index (χ1n) is 5.54. The van der Waals surface area contributed by atoms with E-state index in [4.69, 9.17) is 0 Å². The van der Waals surface area contributed by atoms with Crippen molar-refractivity contribution in [3.05, 3.63) is 57.2 Å². The molecule has 0 saturated carbocycles. The number of benzene rings is 1. The zero-order valence-corrected chi connectivity index (χ0v) is 12.9. The van der Waals surface area contributed by atoms with Gasteiger partial charge in [-0.15, -0.1) is 0 Å². The van der Waals surface area contributed by atoms with Gasteiger partial charge in [0.25, 0.3) is 0 Å². The number of aryl methyl sites for hydroxylation is 1. The van der Waals surface area contributed by atoms with Crippen LogP contribution in [-0.4, -0.2) is 9.38 Å². The van der Waals surface area contributed by atoms with Gasteiger partial charge in [-0.3, -0.25) is 0 Å². The van der Waals surface area contributed by atoms with Crippen LogP contribution in [0, 0.1) is 6.92 Å². The lowest BCUT2D eigenvalue weighted by Gasteiger charge is -1.97.